The van der Waals surface area contributed by atoms with Crippen molar-refractivity contribution in [1.82, 2.24) is 9.62 Å². The van der Waals surface area contributed by atoms with Crippen LogP contribution in [0.4, 0.5) is 0 Å². The molecule has 1 N–H and O–H groups in total. The van der Waals surface area contributed by atoms with Gasteiger partial charge >= 0.3 is 0 Å². The van der Waals surface area contributed by atoms with Crippen molar-refractivity contribution >= 4 is 15.9 Å². The van der Waals surface area contributed by atoms with E-state index in [0.29, 0.717) is 37.1 Å². The molecule has 0 unspecified atom stereocenters. The normalized spacial score (nSPS) is 19.3. The maximum absolute atomic E-state index is 12.7. The monoisotopic (exact) mass is 410 g/mol. The van der Waals surface area contributed by atoms with E-state index in [1.165, 1.54) is 0 Å². The Labute approximate surface area is 167 Å². The van der Waals surface area contributed by atoms with Crippen LogP contribution in [0.3, 0.4) is 0 Å². The number of amides is 1. The van der Waals surface area contributed by atoms with E-state index in [1.807, 2.05) is 24.0 Å². The third-order valence-corrected chi connectivity index (χ3v) is 7.19. The Morgan fingerprint density at radius 1 is 1.11 bits per heavy atom. The predicted octanol–water partition coefficient (Wildman–Crippen LogP) is 1.89. The summed E-state index contributed by atoms with van der Waals surface area (Å²) in [6.07, 6.45) is 1.72. The first kappa shape index (κ1) is 21.2. The zero-order valence-electron chi connectivity index (χ0n) is 16.9. The molecular weight excluding hydrogens is 380 g/mol. The van der Waals surface area contributed by atoms with Gasteiger partial charge < -0.3 is 14.4 Å². The molecule has 7 nitrogen and oxygen atoms in total. The van der Waals surface area contributed by atoms with E-state index < -0.39 is 10.0 Å². The van der Waals surface area contributed by atoms with E-state index in [4.69, 9.17) is 9.47 Å². The lowest BCUT2D eigenvalue weighted by atomic mass is 9.96. The molecule has 1 aromatic carbocycles. The van der Waals surface area contributed by atoms with Crippen LogP contribution in [0, 0.1) is 26.7 Å². The van der Waals surface area contributed by atoms with Crippen molar-refractivity contribution in [2.24, 2.45) is 5.92 Å². The smallest absolute Gasteiger partial charge is 0.241 e. The highest BCUT2D eigenvalue weighted by molar-refractivity contribution is 7.89. The first-order valence-electron chi connectivity index (χ1n) is 9.86. The number of aryl methyl sites for hydroxylation is 3. The zero-order chi connectivity index (χ0) is 20.3. The Morgan fingerprint density at radius 3 is 2.25 bits per heavy atom. The quantitative estimate of drug-likeness (QED) is 0.774. The summed E-state index contributed by atoms with van der Waals surface area (Å²) < 4.78 is 39.0. The number of nitrogens with one attached hydrogen (secondary N) is 1. The van der Waals surface area contributed by atoms with Gasteiger partial charge in [-0.15, -0.1) is 0 Å². The van der Waals surface area contributed by atoms with E-state index >= 15 is 0 Å². The lowest BCUT2D eigenvalue weighted by Gasteiger charge is -2.34. The second kappa shape index (κ2) is 8.90. The van der Waals surface area contributed by atoms with Crippen molar-refractivity contribution in [3.8, 4) is 0 Å². The number of benzene rings is 1. The van der Waals surface area contributed by atoms with E-state index in [0.717, 1.165) is 29.5 Å². The Morgan fingerprint density at radius 2 is 1.68 bits per heavy atom. The van der Waals surface area contributed by atoms with E-state index in [1.54, 1.807) is 13.8 Å². The van der Waals surface area contributed by atoms with Crippen LogP contribution in [0.2, 0.25) is 0 Å². The fourth-order valence-electron chi connectivity index (χ4n) is 4.18. The largest absolute Gasteiger partial charge is 0.350 e. The lowest BCUT2D eigenvalue weighted by Crippen LogP contribution is -2.42. The lowest BCUT2D eigenvalue weighted by molar-refractivity contribution is -0.136. The summed E-state index contributed by atoms with van der Waals surface area (Å²) in [5, 5.41) is 0. The predicted molar refractivity (Wildman–Crippen MR) is 105 cm³/mol. The number of likely N-dealkylation sites (tertiary alicyclic amines) is 1. The summed E-state index contributed by atoms with van der Waals surface area (Å²) in [6.45, 7) is 8.24. The topological polar surface area (TPSA) is 84.9 Å². The number of sulfonamides is 1. The van der Waals surface area contributed by atoms with Gasteiger partial charge in [0, 0.05) is 32.0 Å². The van der Waals surface area contributed by atoms with E-state index in [2.05, 4.69) is 4.72 Å². The van der Waals surface area contributed by atoms with Crippen LogP contribution in [-0.4, -0.2) is 58.4 Å². The van der Waals surface area contributed by atoms with Crippen molar-refractivity contribution in [1.29, 1.82) is 0 Å². The van der Waals surface area contributed by atoms with Crippen LogP contribution >= 0.6 is 0 Å². The summed E-state index contributed by atoms with van der Waals surface area (Å²) in [6, 6.07) is 3.71. The zero-order valence-corrected chi connectivity index (χ0v) is 17.7. The molecule has 1 amide bonds. The van der Waals surface area contributed by atoms with Gasteiger partial charge in [-0.2, -0.15) is 0 Å². The van der Waals surface area contributed by atoms with Crippen molar-refractivity contribution in [3.05, 3.63) is 28.8 Å². The molecule has 0 bridgehead atoms. The summed E-state index contributed by atoms with van der Waals surface area (Å²) in [5.74, 6) is 0.310. The fraction of sp³-hybridized carbons (Fsp3) is 0.650. The molecule has 2 saturated heterocycles. The van der Waals surface area contributed by atoms with Crippen LogP contribution in [0.1, 0.15) is 36.0 Å². The summed E-state index contributed by atoms with van der Waals surface area (Å²) in [5.41, 5.74) is 2.46. The van der Waals surface area contributed by atoms with Gasteiger partial charge in [0.25, 0.3) is 0 Å². The van der Waals surface area contributed by atoms with Crippen LogP contribution in [0.5, 0.6) is 0 Å². The number of nitrogens with zero attached hydrogens (tertiary/aromatic N) is 1. The molecular formula is C20H30N2O5S. The third-order valence-electron chi connectivity index (χ3n) is 5.43. The number of ether oxygens (including phenoxy) is 2. The molecule has 2 heterocycles. The van der Waals surface area contributed by atoms with Gasteiger partial charge in [-0.1, -0.05) is 17.7 Å². The first-order chi connectivity index (χ1) is 13.3. The summed E-state index contributed by atoms with van der Waals surface area (Å²) in [4.78, 5) is 14.6. The standard InChI is InChI=1S/C20H30N2O5S/c1-14-12-15(2)19(16(3)13-14)28(24,25)21-7-4-18(23)22-8-5-17(6-9-22)20-26-10-11-27-20/h12-13,17,20-21H,4-11H2,1-3H3. The minimum Gasteiger partial charge on any atom is -0.350 e. The Kier molecular flexibility index (Phi) is 6.75. The van der Waals surface area contributed by atoms with Crippen molar-refractivity contribution in [2.45, 2.75) is 51.2 Å². The van der Waals surface area contributed by atoms with Crippen molar-refractivity contribution < 1.29 is 22.7 Å². The molecule has 0 atom stereocenters. The number of piperidine rings is 1. The minimum absolute atomic E-state index is 0.0215. The van der Waals surface area contributed by atoms with Gasteiger partial charge in [0.1, 0.15) is 0 Å². The molecule has 1 aromatic rings. The number of carbonyl (C=O) groups excluding carboxylic acids is 1. The van der Waals surface area contributed by atoms with Gasteiger partial charge in [-0.25, -0.2) is 13.1 Å². The van der Waals surface area contributed by atoms with Crippen LogP contribution in [0.15, 0.2) is 17.0 Å². The molecule has 0 saturated carbocycles. The molecule has 28 heavy (non-hydrogen) atoms. The molecule has 156 valence electrons. The average Bonchev–Trinajstić information content (AvgIpc) is 3.15. The van der Waals surface area contributed by atoms with Gasteiger partial charge in [0.2, 0.25) is 15.9 Å². The maximum Gasteiger partial charge on any atom is 0.241 e. The second-order valence-electron chi connectivity index (χ2n) is 7.70. The highest BCUT2D eigenvalue weighted by Gasteiger charge is 2.31. The molecule has 8 heteroatoms. The number of rotatable bonds is 6. The first-order valence-corrected chi connectivity index (χ1v) is 11.3. The second-order valence-corrected chi connectivity index (χ2v) is 9.41. The highest BCUT2D eigenvalue weighted by Crippen LogP contribution is 2.26. The highest BCUT2D eigenvalue weighted by atomic mass is 32.2. The Balaban J connectivity index is 1.49. The van der Waals surface area contributed by atoms with E-state index in [-0.39, 0.29) is 25.2 Å². The molecule has 0 spiro atoms. The van der Waals surface area contributed by atoms with Gasteiger partial charge in [-0.3, -0.25) is 4.79 Å². The molecule has 2 fully saturated rings. The van der Waals surface area contributed by atoms with Gasteiger partial charge in [0.05, 0.1) is 18.1 Å². The SMILES string of the molecule is Cc1cc(C)c(S(=O)(=O)NCCC(=O)N2CCC(C3OCCO3)CC2)c(C)c1. The van der Waals surface area contributed by atoms with Gasteiger partial charge in [-0.05, 0) is 44.7 Å². The van der Waals surface area contributed by atoms with Crippen LogP contribution in [0.25, 0.3) is 0 Å². The maximum atomic E-state index is 12.7. The number of carbonyl (C=O) groups is 1. The molecule has 0 radical (unpaired) electrons. The van der Waals surface area contributed by atoms with Crippen LogP contribution < -0.4 is 4.72 Å². The Bertz CT molecular complexity index is 787. The molecule has 2 aliphatic rings. The minimum atomic E-state index is -3.64. The molecule has 0 aliphatic carbocycles. The summed E-state index contributed by atoms with van der Waals surface area (Å²) in [7, 11) is -3.64. The van der Waals surface area contributed by atoms with Crippen molar-refractivity contribution in [3.63, 3.8) is 0 Å². The van der Waals surface area contributed by atoms with E-state index in [9.17, 15) is 13.2 Å². The molecule has 0 aromatic heterocycles. The Hall–Kier alpha value is -1.48. The van der Waals surface area contributed by atoms with Crippen LogP contribution in [-0.2, 0) is 24.3 Å². The molecule has 2 aliphatic heterocycles. The summed E-state index contributed by atoms with van der Waals surface area (Å²) >= 11 is 0. The third kappa shape index (κ3) is 4.92. The van der Waals surface area contributed by atoms with Crippen molar-refractivity contribution in [2.75, 3.05) is 32.8 Å². The molecule has 3 rings (SSSR count). The van der Waals surface area contributed by atoms with Gasteiger partial charge in [0.15, 0.2) is 6.29 Å². The fourth-order valence-corrected chi connectivity index (χ4v) is 5.66. The number of hydrogen-bond acceptors (Lipinski definition) is 5. The average molecular weight is 411 g/mol. The number of hydrogen-bond donors (Lipinski definition) is 1.